The Morgan fingerprint density at radius 3 is 2.17 bits per heavy atom. The van der Waals surface area contributed by atoms with Crippen molar-refractivity contribution in [2.45, 2.75) is 38.0 Å². The van der Waals surface area contributed by atoms with Crippen LogP contribution in [0.15, 0.2) is 42.6 Å². The van der Waals surface area contributed by atoms with E-state index in [0.29, 0.717) is 0 Å². The van der Waals surface area contributed by atoms with E-state index in [0.717, 1.165) is 40.8 Å². The number of aromatic nitrogens is 1. The molecule has 2 aromatic rings. The van der Waals surface area contributed by atoms with E-state index in [1.165, 1.54) is 37.7 Å². The molecule has 23 heavy (non-hydrogen) atoms. The zero-order valence-electron chi connectivity index (χ0n) is 13.2. The normalized spacial score (nSPS) is 34.2. The van der Waals surface area contributed by atoms with E-state index in [4.69, 9.17) is 4.98 Å². The van der Waals surface area contributed by atoms with Crippen LogP contribution < -0.4 is 0 Å². The molecule has 1 heterocycles. The van der Waals surface area contributed by atoms with Crippen LogP contribution in [-0.4, -0.2) is 4.98 Å². The topological polar surface area (TPSA) is 12.9 Å². The molecule has 4 aliphatic rings. The summed E-state index contributed by atoms with van der Waals surface area (Å²) in [5.74, 6) is 4.75. The van der Waals surface area contributed by atoms with Crippen molar-refractivity contribution >= 4 is 0 Å². The van der Waals surface area contributed by atoms with E-state index in [1.807, 2.05) is 12.1 Å². The molecule has 1 radical (unpaired) electrons. The first-order valence-electron chi connectivity index (χ1n) is 8.80. The van der Waals surface area contributed by atoms with Crippen molar-refractivity contribution in [3.63, 3.8) is 0 Å². The van der Waals surface area contributed by atoms with Crippen LogP contribution in [-0.2, 0) is 20.1 Å². The summed E-state index contributed by atoms with van der Waals surface area (Å²) >= 11 is 0. The minimum absolute atomic E-state index is 0. The fourth-order valence-corrected chi connectivity index (χ4v) is 5.78. The van der Waals surface area contributed by atoms with Gasteiger partial charge in [-0.3, -0.25) is 0 Å². The summed E-state index contributed by atoms with van der Waals surface area (Å²) in [5, 5.41) is 0. The molecule has 2 heteroatoms. The molecule has 0 unspecified atom stereocenters. The van der Waals surface area contributed by atoms with Gasteiger partial charge in [-0.1, -0.05) is 12.1 Å². The van der Waals surface area contributed by atoms with Gasteiger partial charge in [0.15, 0.2) is 0 Å². The number of hydrogen-bond acceptors (Lipinski definition) is 1. The third-order valence-corrected chi connectivity index (χ3v) is 6.38. The van der Waals surface area contributed by atoms with E-state index in [9.17, 15) is 0 Å². The van der Waals surface area contributed by atoms with Gasteiger partial charge in [0, 0.05) is 26.3 Å². The van der Waals surface area contributed by atoms with Gasteiger partial charge in [0.25, 0.3) is 0 Å². The van der Waals surface area contributed by atoms with Gasteiger partial charge in [0.1, 0.15) is 0 Å². The summed E-state index contributed by atoms with van der Waals surface area (Å²) in [4.78, 5) is 4.75. The van der Waals surface area contributed by atoms with Gasteiger partial charge in [-0.25, -0.2) is 0 Å². The second kappa shape index (κ2) is 6.15. The monoisotopic (exact) mass is 481 g/mol. The Kier molecular flexibility index (Phi) is 4.15. The van der Waals surface area contributed by atoms with Crippen LogP contribution in [0, 0.1) is 29.7 Å². The molecule has 0 aliphatic heterocycles. The maximum Gasteiger partial charge on any atom is 0.0195 e. The zero-order chi connectivity index (χ0) is 14.5. The van der Waals surface area contributed by atoms with Crippen LogP contribution in [0.3, 0.4) is 0 Å². The Bertz CT molecular complexity index is 636. The quantitative estimate of drug-likeness (QED) is 0.546. The first kappa shape index (κ1) is 15.5. The minimum Gasteiger partial charge on any atom is -0.304 e. The summed E-state index contributed by atoms with van der Waals surface area (Å²) in [6.07, 6.45) is 9.60. The largest absolute Gasteiger partial charge is 0.304 e. The second-order valence-electron chi connectivity index (χ2n) is 7.71. The summed E-state index contributed by atoms with van der Waals surface area (Å²) in [6, 6.07) is 15.9. The van der Waals surface area contributed by atoms with Crippen molar-refractivity contribution in [3.8, 4) is 11.3 Å². The Hall–Kier alpha value is -0.981. The molecular weight excluding hydrogens is 458 g/mol. The molecule has 121 valence electrons. The van der Waals surface area contributed by atoms with Crippen LogP contribution in [0.4, 0.5) is 0 Å². The minimum atomic E-state index is 0. The standard InChI is InChI=1S/C21H22N.Ir/c1-2-4-16(5-3-1)20-7-6-17(13-22-20)21-18-9-14-8-15(11-18)12-19(21)10-14;/h1-4,6-7,13-15,18-19,21H,8-12H2;/q-1;. The van der Waals surface area contributed by atoms with E-state index < -0.39 is 0 Å². The fourth-order valence-electron chi connectivity index (χ4n) is 5.78. The number of hydrogen-bond donors (Lipinski definition) is 0. The van der Waals surface area contributed by atoms with E-state index in [1.54, 1.807) is 0 Å². The Labute approximate surface area is 152 Å². The number of pyridine rings is 1. The Morgan fingerprint density at radius 1 is 0.870 bits per heavy atom. The maximum atomic E-state index is 4.75. The van der Waals surface area contributed by atoms with Crippen molar-refractivity contribution in [1.29, 1.82) is 0 Å². The van der Waals surface area contributed by atoms with Gasteiger partial charge in [0.05, 0.1) is 0 Å². The van der Waals surface area contributed by atoms with Crippen LogP contribution in [0.2, 0.25) is 0 Å². The molecule has 4 aliphatic carbocycles. The van der Waals surface area contributed by atoms with Crippen LogP contribution in [0.5, 0.6) is 0 Å². The Morgan fingerprint density at radius 2 is 1.61 bits per heavy atom. The van der Waals surface area contributed by atoms with E-state index in [2.05, 4.69) is 36.5 Å². The predicted molar refractivity (Wildman–Crippen MR) is 88.3 cm³/mol. The average Bonchev–Trinajstić information content (AvgIpc) is 2.55. The smallest absolute Gasteiger partial charge is 0.0195 e. The second-order valence-corrected chi connectivity index (χ2v) is 7.71. The van der Waals surface area contributed by atoms with Gasteiger partial charge in [-0.2, -0.15) is 0 Å². The third kappa shape index (κ3) is 2.70. The number of benzene rings is 1. The van der Waals surface area contributed by atoms with Crippen molar-refractivity contribution in [3.05, 3.63) is 54.2 Å². The first-order chi connectivity index (χ1) is 10.9. The van der Waals surface area contributed by atoms with E-state index in [-0.39, 0.29) is 20.1 Å². The fraction of sp³-hybridized carbons (Fsp3) is 0.476. The van der Waals surface area contributed by atoms with Gasteiger partial charge >= 0.3 is 0 Å². The van der Waals surface area contributed by atoms with Crippen LogP contribution in [0.1, 0.15) is 43.6 Å². The molecule has 1 aromatic carbocycles. The summed E-state index contributed by atoms with van der Waals surface area (Å²) in [6.45, 7) is 0. The van der Waals surface area contributed by atoms with E-state index >= 15 is 0 Å². The van der Waals surface area contributed by atoms with Crippen molar-refractivity contribution in [2.75, 3.05) is 0 Å². The number of nitrogens with zero attached hydrogens (tertiary/aromatic N) is 1. The summed E-state index contributed by atoms with van der Waals surface area (Å²) in [5.41, 5.74) is 3.64. The summed E-state index contributed by atoms with van der Waals surface area (Å²) in [7, 11) is 0. The number of rotatable bonds is 2. The maximum absolute atomic E-state index is 4.75. The van der Waals surface area contributed by atoms with Crippen LogP contribution in [0.25, 0.3) is 11.3 Å². The van der Waals surface area contributed by atoms with Crippen molar-refractivity contribution < 1.29 is 20.1 Å². The molecule has 0 saturated heterocycles. The molecular formula is C21H22IrN-. The Balaban J connectivity index is 0.00000135. The van der Waals surface area contributed by atoms with Gasteiger partial charge in [0.2, 0.25) is 0 Å². The molecule has 1 nitrogen and oxygen atoms in total. The molecule has 1 aromatic heterocycles. The van der Waals surface area contributed by atoms with Crippen molar-refractivity contribution in [2.24, 2.45) is 23.7 Å². The van der Waals surface area contributed by atoms with Gasteiger partial charge in [-0.05, 0) is 73.0 Å². The third-order valence-electron chi connectivity index (χ3n) is 6.38. The molecule has 0 amide bonds. The molecule has 4 bridgehead atoms. The molecule has 0 spiro atoms. The molecule has 4 saturated carbocycles. The first-order valence-corrected chi connectivity index (χ1v) is 8.80. The average molecular weight is 481 g/mol. The SMILES string of the molecule is [Ir].[c-]1ccccc1-c1ccc(C2C3CC4CC(C3)CC2C4)cn1. The molecule has 0 atom stereocenters. The molecule has 0 N–H and O–H groups in total. The summed E-state index contributed by atoms with van der Waals surface area (Å²) < 4.78 is 0. The predicted octanol–water partition coefficient (Wildman–Crippen LogP) is 5.09. The zero-order valence-corrected chi connectivity index (χ0v) is 15.6. The molecule has 6 rings (SSSR count). The van der Waals surface area contributed by atoms with Gasteiger partial charge < -0.3 is 4.98 Å². The van der Waals surface area contributed by atoms with Crippen molar-refractivity contribution in [1.82, 2.24) is 4.98 Å². The van der Waals surface area contributed by atoms with Gasteiger partial charge in [-0.15, -0.1) is 35.9 Å². The molecule has 4 fully saturated rings. The van der Waals surface area contributed by atoms with Crippen LogP contribution >= 0.6 is 0 Å².